The van der Waals surface area contributed by atoms with Gasteiger partial charge in [0.05, 0.1) is 42.2 Å². The first kappa shape index (κ1) is 39.4. The molecule has 0 aliphatic heterocycles. The van der Waals surface area contributed by atoms with E-state index in [1.807, 2.05) is 27.7 Å². The second-order valence-corrected chi connectivity index (χ2v) is 13.1. The molecule has 0 aliphatic rings. The van der Waals surface area contributed by atoms with E-state index in [4.69, 9.17) is 23.7 Å². The zero-order valence-electron chi connectivity index (χ0n) is 28.1. The zero-order valence-corrected chi connectivity index (χ0v) is 28.1. The summed E-state index contributed by atoms with van der Waals surface area (Å²) in [5.41, 5.74) is -1.38. The van der Waals surface area contributed by atoms with Gasteiger partial charge in [-0.3, -0.25) is 19.3 Å². The molecule has 1 unspecified atom stereocenters. The summed E-state index contributed by atoms with van der Waals surface area (Å²) in [4.78, 5) is 36.2. The number of carbonyl (C=O) groups is 3. The maximum atomic E-state index is 12.1. The maximum absolute atomic E-state index is 12.1. The summed E-state index contributed by atoms with van der Waals surface area (Å²) >= 11 is 0. The highest BCUT2D eigenvalue weighted by Gasteiger charge is 2.36. The van der Waals surface area contributed by atoms with Crippen molar-refractivity contribution in [3.8, 4) is 0 Å². The van der Waals surface area contributed by atoms with Gasteiger partial charge in [-0.15, -0.1) is 0 Å². The molecule has 242 valence electrons. The van der Waals surface area contributed by atoms with Crippen molar-refractivity contribution in [2.24, 2.45) is 5.92 Å². The molecule has 0 bridgehead atoms. The number of carbonyl (C=O) groups excluding carboxylic acids is 3. The summed E-state index contributed by atoms with van der Waals surface area (Å²) < 4.78 is 29.9. The molecule has 0 aromatic heterocycles. The number of nitrogens with one attached hydrogen (secondary N) is 1. The van der Waals surface area contributed by atoms with Crippen LogP contribution in [0, 0.1) is 5.92 Å². The number of imide groups is 1. The molecule has 0 saturated carbocycles. The Morgan fingerprint density at radius 2 is 1.27 bits per heavy atom. The van der Waals surface area contributed by atoms with Gasteiger partial charge in [0, 0.05) is 60.1 Å². The molecule has 0 heterocycles. The van der Waals surface area contributed by atoms with E-state index < -0.39 is 11.2 Å². The van der Waals surface area contributed by atoms with Crippen LogP contribution in [-0.2, 0) is 38.1 Å². The molecule has 0 aliphatic carbocycles. The monoisotopic (exact) mass is 588 g/mol. The van der Waals surface area contributed by atoms with E-state index >= 15 is 0 Å². The summed E-state index contributed by atoms with van der Waals surface area (Å²) in [7, 11) is 3.42. The highest BCUT2D eigenvalue weighted by molar-refractivity contribution is 5.93. The zero-order chi connectivity index (χ0) is 31.9. The number of methoxy groups -OCH3 is 2. The van der Waals surface area contributed by atoms with Crippen molar-refractivity contribution < 1.29 is 38.1 Å². The Morgan fingerprint density at radius 1 is 0.756 bits per heavy atom. The van der Waals surface area contributed by atoms with Crippen molar-refractivity contribution in [3.05, 3.63) is 0 Å². The Kier molecular flexibility index (Phi) is 17.5. The van der Waals surface area contributed by atoms with E-state index in [1.165, 1.54) is 13.8 Å². The lowest BCUT2D eigenvalue weighted by molar-refractivity contribution is -0.142. The molecule has 0 fully saturated rings. The topological polar surface area (TPSA) is 113 Å². The molecule has 0 spiro atoms. The molecule has 10 nitrogen and oxygen atoms in total. The van der Waals surface area contributed by atoms with Crippen LogP contribution in [0.3, 0.4) is 0 Å². The fraction of sp³-hybridized carbons (Fsp3) is 0.903. The van der Waals surface area contributed by atoms with E-state index in [1.54, 1.807) is 14.2 Å². The van der Waals surface area contributed by atoms with Crippen molar-refractivity contribution in [2.45, 2.75) is 124 Å². The van der Waals surface area contributed by atoms with Crippen molar-refractivity contribution in [1.82, 2.24) is 10.2 Å². The van der Waals surface area contributed by atoms with E-state index in [9.17, 15) is 14.4 Å². The molecule has 0 rings (SSSR count). The van der Waals surface area contributed by atoms with E-state index in [0.29, 0.717) is 39.4 Å². The maximum Gasteiger partial charge on any atom is 0.226 e. The largest absolute Gasteiger partial charge is 0.381 e. The minimum Gasteiger partial charge on any atom is -0.381 e. The minimum absolute atomic E-state index is 0.0531. The van der Waals surface area contributed by atoms with Gasteiger partial charge >= 0.3 is 0 Å². The molecule has 0 aromatic rings. The van der Waals surface area contributed by atoms with Gasteiger partial charge in [-0.1, -0.05) is 0 Å². The Bertz CT molecular complexity index is 781. The molecule has 0 aromatic carbocycles. The summed E-state index contributed by atoms with van der Waals surface area (Å²) in [6, 6.07) is 0. The molecule has 0 radical (unpaired) electrons. The van der Waals surface area contributed by atoms with Crippen LogP contribution in [0.15, 0.2) is 0 Å². The van der Waals surface area contributed by atoms with Gasteiger partial charge < -0.3 is 29.0 Å². The molecule has 41 heavy (non-hydrogen) atoms. The smallest absolute Gasteiger partial charge is 0.226 e. The van der Waals surface area contributed by atoms with Crippen molar-refractivity contribution in [1.29, 1.82) is 0 Å². The normalized spacial score (nSPS) is 13.7. The quantitative estimate of drug-likeness (QED) is 0.184. The summed E-state index contributed by atoms with van der Waals surface area (Å²) in [6.07, 6.45) is 3.00. The predicted octanol–water partition coefficient (Wildman–Crippen LogP) is 4.52. The fourth-order valence-corrected chi connectivity index (χ4v) is 4.08. The van der Waals surface area contributed by atoms with Crippen LogP contribution in [0.1, 0.15) is 101 Å². The summed E-state index contributed by atoms with van der Waals surface area (Å²) in [5.74, 6) is -0.887. The number of amides is 3. The van der Waals surface area contributed by atoms with Crippen molar-refractivity contribution in [2.75, 3.05) is 53.7 Å². The predicted molar refractivity (Wildman–Crippen MR) is 161 cm³/mol. The summed E-state index contributed by atoms with van der Waals surface area (Å²) in [6.45, 7) is 21.8. The first-order valence-corrected chi connectivity index (χ1v) is 14.8. The molecule has 1 atom stereocenters. The highest BCUT2D eigenvalue weighted by Crippen LogP contribution is 2.32. The SMILES string of the molecule is COC(C)(C)CCOC(C)(C)CC(COCCCNC(=O)CCN(C(C)=O)C(C)=O)C(C)(C)OCCC(C)(C)OC. The van der Waals surface area contributed by atoms with Gasteiger partial charge in [0.2, 0.25) is 17.7 Å². The van der Waals surface area contributed by atoms with Crippen LogP contribution in [0.4, 0.5) is 0 Å². The standard InChI is InChI=1S/C31H60N2O8/c1-24(34)33(25(2)35)18-14-27(36)32-17-13-19-39-23-26(31(9,10)41-21-16-29(5,6)38-12)22-30(7,8)40-20-15-28(3,4)37-11/h26H,13-23H2,1-12H3,(H,32,36). The lowest BCUT2D eigenvalue weighted by atomic mass is 9.82. The Balaban J connectivity index is 4.96. The van der Waals surface area contributed by atoms with Crippen LogP contribution in [0.5, 0.6) is 0 Å². The number of ether oxygens (including phenoxy) is 5. The minimum atomic E-state index is -0.468. The third-order valence-corrected chi connectivity index (χ3v) is 7.63. The van der Waals surface area contributed by atoms with Crippen LogP contribution < -0.4 is 5.32 Å². The van der Waals surface area contributed by atoms with Crippen molar-refractivity contribution in [3.63, 3.8) is 0 Å². The first-order chi connectivity index (χ1) is 18.8. The molecular weight excluding hydrogens is 528 g/mol. The van der Waals surface area contributed by atoms with Gasteiger partial charge in [-0.25, -0.2) is 0 Å². The van der Waals surface area contributed by atoms with Gasteiger partial charge in [-0.2, -0.15) is 0 Å². The van der Waals surface area contributed by atoms with Gasteiger partial charge in [0.25, 0.3) is 0 Å². The lowest BCUT2D eigenvalue weighted by Crippen LogP contribution is -2.43. The van der Waals surface area contributed by atoms with E-state index in [0.717, 1.165) is 24.2 Å². The second-order valence-electron chi connectivity index (χ2n) is 13.1. The van der Waals surface area contributed by atoms with Gasteiger partial charge in [-0.05, 0) is 81.1 Å². The Morgan fingerprint density at radius 3 is 1.76 bits per heavy atom. The van der Waals surface area contributed by atoms with Gasteiger partial charge in [0.15, 0.2) is 0 Å². The lowest BCUT2D eigenvalue weighted by Gasteiger charge is -2.40. The molecular formula is C31H60N2O8. The molecule has 3 amide bonds. The van der Waals surface area contributed by atoms with Crippen LogP contribution in [0.2, 0.25) is 0 Å². The molecule has 10 heteroatoms. The van der Waals surface area contributed by atoms with E-state index in [2.05, 4.69) is 33.0 Å². The third kappa shape index (κ3) is 17.9. The van der Waals surface area contributed by atoms with Crippen LogP contribution >= 0.6 is 0 Å². The molecule has 1 N–H and O–H groups in total. The number of hydrogen-bond donors (Lipinski definition) is 1. The van der Waals surface area contributed by atoms with Gasteiger partial charge in [0.1, 0.15) is 0 Å². The number of nitrogens with zero attached hydrogens (tertiary/aromatic N) is 1. The number of rotatable bonds is 22. The fourth-order valence-electron chi connectivity index (χ4n) is 4.08. The second kappa shape index (κ2) is 18.2. The molecule has 0 saturated heterocycles. The van der Waals surface area contributed by atoms with Crippen LogP contribution in [0.25, 0.3) is 0 Å². The van der Waals surface area contributed by atoms with Crippen LogP contribution in [-0.4, -0.2) is 98.8 Å². The van der Waals surface area contributed by atoms with E-state index in [-0.39, 0.29) is 47.8 Å². The Labute approximate surface area is 249 Å². The first-order valence-electron chi connectivity index (χ1n) is 14.8. The average Bonchev–Trinajstić information content (AvgIpc) is 2.84. The third-order valence-electron chi connectivity index (χ3n) is 7.63. The number of hydrogen-bond acceptors (Lipinski definition) is 8. The highest BCUT2D eigenvalue weighted by atomic mass is 16.5. The average molecular weight is 589 g/mol. The van der Waals surface area contributed by atoms with Crippen molar-refractivity contribution >= 4 is 17.7 Å². The Hall–Kier alpha value is -1.59. The summed E-state index contributed by atoms with van der Waals surface area (Å²) in [5, 5.41) is 2.83.